The maximum Gasteiger partial charge on any atom is 0.227 e. The van der Waals surface area contributed by atoms with Crippen molar-refractivity contribution < 1.29 is 14.3 Å². The van der Waals surface area contributed by atoms with E-state index in [1.165, 1.54) is 0 Å². The predicted octanol–water partition coefficient (Wildman–Crippen LogP) is -0.628. The largest absolute Gasteiger partial charge is 0.380 e. The molecule has 0 spiro atoms. The molecule has 0 aromatic rings. The summed E-state index contributed by atoms with van der Waals surface area (Å²) in [5.74, 6) is -0.0465. The summed E-state index contributed by atoms with van der Waals surface area (Å²) >= 11 is 0. The molecule has 5 nitrogen and oxygen atoms in total. The smallest absolute Gasteiger partial charge is 0.227 e. The lowest BCUT2D eigenvalue weighted by Crippen LogP contribution is -2.44. The summed E-state index contributed by atoms with van der Waals surface area (Å²) in [6, 6.07) is 0.128. The number of carbonyl (C=O) groups excluding carboxylic acids is 1. The van der Waals surface area contributed by atoms with Gasteiger partial charge in [-0.05, 0) is 14.0 Å². The second kappa shape index (κ2) is 6.05. The van der Waals surface area contributed by atoms with E-state index >= 15 is 0 Å². The molecule has 1 heterocycles. The van der Waals surface area contributed by atoms with Gasteiger partial charge in [-0.2, -0.15) is 0 Å². The Bertz CT molecular complexity index is 211. The van der Waals surface area contributed by atoms with Gasteiger partial charge in [-0.1, -0.05) is 0 Å². The molecule has 0 radical (unpaired) electrons. The second-order valence-electron chi connectivity index (χ2n) is 3.83. The summed E-state index contributed by atoms with van der Waals surface area (Å²) in [4.78, 5) is 11.7. The summed E-state index contributed by atoms with van der Waals surface area (Å²) < 4.78 is 10.3. The van der Waals surface area contributed by atoms with Crippen LogP contribution in [0.15, 0.2) is 0 Å². The van der Waals surface area contributed by atoms with Crippen LogP contribution in [0.25, 0.3) is 0 Å². The molecule has 1 rings (SSSR count). The van der Waals surface area contributed by atoms with E-state index in [9.17, 15) is 4.79 Å². The van der Waals surface area contributed by atoms with Crippen molar-refractivity contribution >= 4 is 5.91 Å². The number of amides is 1. The average molecular weight is 216 g/mol. The molecule has 15 heavy (non-hydrogen) atoms. The molecule has 2 N–H and O–H groups in total. The standard InChI is InChI=1S/C10H20N2O3/c1-7(14-3)4-12-10(13)8-5-15-6-9(8)11-2/h7-9,11H,4-6H2,1-3H3,(H,12,13). The van der Waals surface area contributed by atoms with Gasteiger partial charge in [0.15, 0.2) is 0 Å². The lowest BCUT2D eigenvalue weighted by Gasteiger charge is -2.17. The maximum atomic E-state index is 11.7. The lowest BCUT2D eigenvalue weighted by atomic mass is 10.0. The predicted molar refractivity (Wildman–Crippen MR) is 56.6 cm³/mol. The second-order valence-corrected chi connectivity index (χ2v) is 3.83. The fraction of sp³-hybridized carbons (Fsp3) is 0.900. The Morgan fingerprint density at radius 2 is 2.33 bits per heavy atom. The third-order valence-corrected chi connectivity index (χ3v) is 2.75. The van der Waals surface area contributed by atoms with Gasteiger partial charge in [0.25, 0.3) is 0 Å². The molecule has 0 aromatic heterocycles. The highest BCUT2D eigenvalue weighted by Crippen LogP contribution is 2.13. The number of hydrogen-bond acceptors (Lipinski definition) is 4. The summed E-state index contributed by atoms with van der Waals surface area (Å²) in [6.07, 6.45) is 0.0457. The first kappa shape index (κ1) is 12.4. The van der Waals surface area contributed by atoms with E-state index in [1.807, 2.05) is 14.0 Å². The van der Waals surface area contributed by atoms with Crippen LogP contribution in [0.4, 0.5) is 0 Å². The van der Waals surface area contributed by atoms with Crippen LogP contribution in [0.5, 0.6) is 0 Å². The number of ether oxygens (including phenoxy) is 2. The molecule has 1 saturated heterocycles. The van der Waals surface area contributed by atoms with Crippen LogP contribution >= 0.6 is 0 Å². The molecular weight excluding hydrogens is 196 g/mol. The first-order valence-electron chi connectivity index (χ1n) is 5.24. The minimum absolute atomic E-state index is 0.0377. The van der Waals surface area contributed by atoms with Crippen molar-refractivity contribution in [3.63, 3.8) is 0 Å². The van der Waals surface area contributed by atoms with Gasteiger partial charge in [0, 0.05) is 19.7 Å². The SMILES string of the molecule is CNC1COCC1C(=O)NCC(C)OC. The van der Waals surface area contributed by atoms with Crippen molar-refractivity contribution in [2.75, 3.05) is 33.9 Å². The van der Waals surface area contributed by atoms with Crippen LogP contribution in [0.2, 0.25) is 0 Å². The summed E-state index contributed by atoms with van der Waals surface area (Å²) in [6.45, 7) is 3.57. The Morgan fingerprint density at radius 3 is 2.93 bits per heavy atom. The Morgan fingerprint density at radius 1 is 1.60 bits per heavy atom. The van der Waals surface area contributed by atoms with Gasteiger partial charge in [-0.15, -0.1) is 0 Å². The zero-order chi connectivity index (χ0) is 11.3. The first-order valence-corrected chi connectivity index (χ1v) is 5.24. The lowest BCUT2D eigenvalue weighted by molar-refractivity contribution is -0.125. The molecule has 88 valence electrons. The van der Waals surface area contributed by atoms with Crippen LogP contribution in [0.3, 0.4) is 0 Å². The van der Waals surface area contributed by atoms with E-state index in [2.05, 4.69) is 10.6 Å². The quantitative estimate of drug-likeness (QED) is 0.642. The molecule has 1 amide bonds. The van der Waals surface area contributed by atoms with Gasteiger partial charge >= 0.3 is 0 Å². The van der Waals surface area contributed by atoms with E-state index in [-0.39, 0.29) is 24.0 Å². The van der Waals surface area contributed by atoms with Crippen molar-refractivity contribution in [2.24, 2.45) is 5.92 Å². The Hall–Kier alpha value is -0.650. The summed E-state index contributed by atoms with van der Waals surface area (Å²) in [5.41, 5.74) is 0. The molecule has 1 aliphatic rings. The fourth-order valence-corrected chi connectivity index (χ4v) is 1.56. The Balaban J connectivity index is 2.33. The van der Waals surface area contributed by atoms with Gasteiger partial charge in [0.05, 0.1) is 25.2 Å². The van der Waals surface area contributed by atoms with Gasteiger partial charge in [0.1, 0.15) is 0 Å². The van der Waals surface area contributed by atoms with Crippen LogP contribution < -0.4 is 10.6 Å². The number of hydrogen-bond donors (Lipinski definition) is 2. The van der Waals surface area contributed by atoms with Crippen molar-refractivity contribution in [1.82, 2.24) is 10.6 Å². The van der Waals surface area contributed by atoms with Gasteiger partial charge in [-0.3, -0.25) is 4.79 Å². The fourth-order valence-electron chi connectivity index (χ4n) is 1.56. The molecule has 0 aliphatic carbocycles. The third kappa shape index (κ3) is 3.44. The highest BCUT2D eigenvalue weighted by molar-refractivity contribution is 5.79. The van der Waals surface area contributed by atoms with E-state index in [1.54, 1.807) is 7.11 Å². The van der Waals surface area contributed by atoms with Crippen molar-refractivity contribution in [1.29, 1.82) is 0 Å². The minimum Gasteiger partial charge on any atom is -0.380 e. The first-order chi connectivity index (χ1) is 7.19. The molecule has 3 unspecified atom stereocenters. The van der Waals surface area contributed by atoms with E-state index in [0.29, 0.717) is 19.8 Å². The molecular formula is C10H20N2O3. The highest BCUT2D eigenvalue weighted by Gasteiger charge is 2.32. The van der Waals surface area contributed by atoms with Gasteiger partial charge in [-0.25, -0.2) is 0 Å². The molecule has 1 fully saturated rings. The zero-order valence-corrected chi connectivity index (χ0v) is 9.58. The van der Waals surface area contributed by atoms with E-state index < -0.39 is 0 Å². The number of rotatable bonds is 5. The highest BCUT2D eigenvalue weighted by atomic mass is 16.5. The topological polar surface area (TPSA) is 59.6 Å². The van der Waals surface area contributed by atoms with E-state index in [0.717, 1.165) is 0 Å². The molecule has 0 saturated carbocycles. The third-order valence-electron chi connectivity index (χ3n) is 2.75. The normalized spacial score (nSPS) is 27.7. The number of likely N-dealkylation sites (N-methyl/N-ethyl adjacent to an activating group) is 1. The Kier molecular flexibility index (Phi) is 5.01. The summed E-state index contributed by atoms with van der Waals surface area (Å²) in [5, 5.41) is 5.94. The van der Waals surface area contributed by atoms with Crippen LogP contribution in [-0.4, -0.2) is 52.0 Å². The molecule has 3 atom stereocenters. The number of carbonyl (C=O) groups is 1. The van der Waals surface area contributed by atoms with Crippen molar-refractivity contribution in [3.05, 3.63) is 0 Å². The average Bonchev–Trinajstić information content (AvgIpc) is 2.73. The monoisotopic (exact) mass is 216 g/mol. The number of methoxy groups -OCH3 is 1. The van der Waals surface area contributed by atoms with E-state index in [4.69, 9.17) is 9.47 Å². The number of nitrogens with one attached hydrogen (secondary N) is 2. The maximum absolute atomic E-state index is 11.7. The molecule has 0 aromatic carbocycles. The van der Waals surface area contributed by atoms with Crippen LogP contribution in [0, 0.1) is 5.92 Å². The molecule has 5 heteroatoms. The van der Waals surface area contributed by atoms with Crippen molar-refractivity contribution in [3.8, 4) is 0 Å². The zero-order valence-electron chi connectivity index (χ0n) is 9.58. The molecule has 1 aliphatic heterocycles. The Labute approximate surface area is 90.5 Å². The van der Waals surface area contributed by atoms with Gasteiger partial charge < -0.3 is 20.1 Å². The van der Waals surface area contributed by atoms with Crippen molar-refractivity contribution in [2.45, 2.75) is 19.1 Å². The summed E-state index contributed by atoms with van der Waals surface area (Å²) in [7, 11) is 3.48. The van der Waals surface area contributed by atoms with Crippen LogP contribution in [-0.2, 0) is 14.3 Å². The molecule has 0 bridgehead atoms. The van der Waals surface area contributed by atoms with Crippen LogP contribution in [0.1, 0.15) is 6.92 Å². The van der Waals surface area contributed by atoms with Gasteiger partial charge in [0.2, 0.25) is 5.91 Å². The minimum atomic E-state index is -0.0842.